The van der Waals surface area contributed by atoms with E-state index in [1.165, 1.54) is 0 Å². The Kier molecular flexibility index (Phi) is 6.07. The molecule has 0 heterocycles. The molecule has 0 radical (unpaired) electrons. The molecule has 0 unspecified atom stereocenters. The summed E-state index contributed by atoms with van der Waals surface area (Å²) in [6.07, 6.45) is 45.1. The van der Waals surface area contributed by atoms with Gasteiger partial charge in [0.05, 0.1) is 0 Å². The lowest BCUT2D eigenvalue weighted by atomic mass is 9.47. The van der Waals surface area contributed by atoms with Gasteiger partial charge >= 0.3 is 0 Å². The number of nitrogens with zero attached hydrogens (tertiary/aromatic N) is 2. The third-order valence-corrected chi connectivity index (χ3v) is 20.5. The normalized spacial score (nSPS) is 62.6. The Balaban J connectivity index is 0.857. The Bertz CT molecular complexity index is 988. The van der Waals surface area contributed by atoms with Crippen molar-refractivity contribution in [3.63, 3.8) is 0 Å². The van der Waals surface area contributed by atoms with E-state index in [4.69, 9.17) is 0 Å². The zero-order valence-corrected chi connectivity index (χ0v) is 30.8. The molecule has 17 saturated carbocycles. The molecular weight excluding hydrogens is 581 g/mol. The molecule has 0 amide bonds. The fourth-order valence-electron chi connectivity index (χ4n) is 21.6. The van der Waals surface area contributed by atoms with Gasteiger partial charge in [-0.3, -0.25) is 9.80 Å². The first-order chi connectivity index (χ1) is 23.4. The van der Waals surface area contributed by atoms with Crippen LogP contribution in [0.4, 0.5) is 0 Å². The van der Waals surface area contributed by atoms with Gasteiger partial charge in [0.25, 0.3) is 0 Å². The van der Waals surface area contributed by atoms with Crippen LogP contribution >= 0.6 is 0 Å². The third-order valence-electron chi connectivity index (χ3n) is 20.5. The molecule has 16 bridgehead atoms. The Morgan fingerprint density at radius 1 is 0.229 bits per heavy atom. The van der Waals surface area contributed by atoms with Crippen LogP contribution in [-0.4, -0.2) is 44.0 Å². The first kappa shape index (κ1) is 29.4. The highest BCUT2D eigenvalue weighted by molar-refractivity contribution is 5.20. The van der Waals surface area contributed by atoms with Crippen LogP contribution in [0.25, 0.3) is 0 Å². The molecule has 0 aromatic heterocycles. The highest BCUT2D eigenvalue weighted by Gasteiger charge is 2.66. The van der Waals surface area contributed by atoms with E-state index in [9.17, 15) is 0 Å². The van der Waals surface area contributed by atoms with E-state index in [-0.39, 0.29) is 0 Å². The Morgan fingerprint density at radius 2 is 0.375 bits per heavy atom. The maximum atomic E-state index is 3.60. The molecule has 264 valence electrons. The van der Waals surface area contributed by atoms with Gasteiger partial charge in [-0.05, 0) is 251 Å². The van der Waals surface area contributed by atoms with Crippen molar-refractivity contribution in [1.82, 2.24) is 9.80 Å². The molecule has 2 heteroatoms. The van der Waals surface area contributed by atoms with Crippen molar-refractivity contribution in [2.45, 2.75) is 214 Å². The lowest BCUT2D eigenvalue weighted by molar-refractivity contribution is -0.213. The van der Waals surface area contributed by atoms with Gasteiger partial charge in [-0.1, -0.05) is 0 Å². The number of hydrogen-bond acceptors (Lipinski definition) is 2. The van der Waals surface area contributed by atoms with E-state index in [0.29, 0.717) is 22.2 Å². The zero-order chi connectivity index (χ0) is 31.0. The molecule has 0 saturated heterocycles. The summed E-state index contributed by atoms with van der Waals surface area (Å²) in [5.41, 5.74) is 2.43. The summed E-state index contributed by atoms with van der Waals surface area (Å²) in [7, 11) is 0. The topological polar surface area (TPSA) is 6.48 Å². The van der Waals surface area contributed by atoms with Gasteiger partial charge in [0, 0.05) is 34.2 Å². The molecule has 0 aromatic rings. The fraction of sp³-hybridized carbons (Fsp3) is 1.00. The average molecular weight is 651 g/mol. The molecule has 17 fully saturated rings. The van der Waals surface area contributed by atoms with E-state index in [2.05, 4.69) is 9.80 Å². The summed E-state index contributed by atoms with van der Waals surface area (Å²) in [6.45, 7) is 0. The standard InChI is InChI=1S/C46H70N2/c1-2-42(48(45-23-35-11-36(24-45)13-37(12-35)25-45)46-26-38-14-39(27-46)16-40(15-38)28-46)4-3-41(1)47(43-17-29-5-30(18-43)7-31(6-29)19-43)44-20-32-8-33(21-44)10-34(9-32)22-44/h29-42H,1-28H2. The minimum absolute atomic E-state index is 0.609. The Hall–Kier alpha value is -0.0800. The number of rotatable bonds is 6. The lowest BCUT2D eigenvalue weighted by Crippen LogP contribution is -2.74. The molecule has 17 rings (SSSR count). The van der Waals surface area contributed by atoms with Crippen LogP contribution in [0.5, 0.6) is 0 Å². The summed E-state index contributed by atoms with van der Waals surface area (Å²) in [6, 6.07) is 1.84. The van der Waals surface area contributed by atoms with Gasteiger partial charge < -0.3 is 0 Å². The second kappa shape index (κ2) is 9.91. The van der Waals surface area contributed by atoms with E-state index in [1.807, 2.05) is 0 Å². The summed E-state index contributed by atoms with van der Waals surface area (Å²) < 4.78 is 0. The predicted octanol–water partition coefficient (Wildman–Crippen LogP) is 10.8. The van der Waals surface area contributed by atoms with E-state index < -0.39 is 0 Å². The van der Waals surface area contributed by atoms with Crippen molar-refractivity contribution in [1.29, 1.82) is 0 Å². The molecule has 0 atom stereocenters. The highest BCUT2D eigenvalue weighted by atomic mass is 15.3. The third kappa shape index (κ3) is 4.12. The van der Waals surface area contributed by atoms with Gasteiger partial charge in [-0.25, -0.2) is 0 Å². The fourth-order valence-corrected chi connectivity index (χ4v) is 21.6. The largest absolute Gasteiger partial charge is 0.289 e. The quantitative estimate of drug-likeness (QED) is 0.282. The van der Waals surface area contributed by atoms with Crippen LogP contribution in [0, 0.1) is 71.0 Å². The van der Waals surface area contributed by atoms with Crippen molar-refractivity contribution in [3.8, 4) is 0 Å². The number of hydrogen-bond donors (Lipinski definition) is 0. The SMILES string of the molecule is C1C2CC3CC1CC(N(C1CCC(N(C45CC6CC(CC(C6)C4)C5)C45CC6CC(CC(C6)C4)C5)CC1)C14CC5CC(CC(C5)C1)C4)(C2)C3. The second-order valence-electron chi connectivity index (χ2n) is 23.8. The van der Waals surface area contributed by atoms with Crippen LogP contribution in [0.2, 0.25) is 0 Å². The van der Waals surface area contributed by atoms with Crippen molar-refractivity contribution in [3.05, 3.63) is 0 Å². The van der Waals surface area contributed by atoms with Crippen LogP contribution in [0.3, 0.4) is 0 Å². The van der Waals surface area contributed by atoms with E-state index in [1.54, 1.807) is 180 Å². The first-order valence-corrected chi connectivity index (χ1v) is 23.0. The van der Waals surface area contributed by atoms with Crippen LogP contribution in [-0.2, 0) is 0 Å². The maximum Gasteiger partial charge on any atom is 0.0226 e. The van der Waals surface area contributed by atoms with Crippen molar-refractivity contribution in [2.24, 2.45) is 71.0 Å². The van der Waals surface area contributed by atoms with Crippen molar-refractivity contribution >= 4 is 0 Å². The smallest absolute Gasteiger partial charge is 0.0226 e. The van der Waals surface area contributed by atoms with Crippen LogP contribution in [0.1, 0.15) is 180 Å². The van der Waals surface area contributed by atoms with Crippen LogP contribution < -0.4 is 0 Å². The summed E-state index contributed by atoms with van der Waals surface area (Å²) in [4.78, 5) is 7.20. The monoisotopic (exact) mass is 651 g/mol. The molecule has 17 aliphatic carbocycles. The first-order valence-electron chi connectivity index (χ1n) is 23.0. The Labute approximate surface area is 294 Å². The van der Waals surface area contributed by atoms with Gasteiger partial charge in [-0.2, -0.15) is 0 Å². The van der Waals surface area contributed by atoms with Crippen molar-refractivity contribution < 1.29 is 0 Å². The molecule has 0 aromatic carbocycles. The molecule has 48 heavy (non-hydrogen) atoms. The molecular formula is C46H70N2. The summed E-state index contributed by atoms with van der Waals surface area (Å²) in [5.74, 6) is 13.1. The Morgan fingerprint density at radius 3 is 0.521 bits per heavy atom. The molecule has 0 spiro atoms. The highest BCUT2D eigenvalue weighted by Crippen LogP contribution is 2.68. The molecule has 17 aliphatic rings. The van der Waals surface area contributed by atoms with Crippen LogP contribution in [0.15, 0.2) is 0 Å². The minimum atomic E-state index is 0.609. The molecule has 2 nitrogen and oxygen atoms in total. The minimum Gasteiger partial charge on any atom is -0.289 e. The van der Waals surface area contributed by atoms with Gasteiger partial charge in [-0.15, -0.1) is 0 Å². The van der Waals surface area contributed by atoms with E-state index in [0.717, 1.165) is 83.1 Å². The predicted molar refractivity (Wildman–Crippen MR) is 193 cm³/mol. The zero-order valence-electron chi connectivity index (χ0n) is 30.8. The van der Waals surface area contributed by atoms with Gasteiger partial charge in [0.2, 0.25) is 0 Å². The average Bonchev–Trinajstić information content (AvgIpc) is 2.99. The van der Waals surface area contributed by atoms with Crippen molar-refractivity contribution in [2.75, 3.05) is 0 Å². The van der Waals surface area contributed by atoms with E-state index >= 15 is 0 Å². The maximum absolute atomic E-state index is 3.60. The summed E-state index contributed by atoms with van der Waals surface area (Å²) in [5, 5.41) is 0. The van der Waals surface area contributed by atoms with Gasteiger partial charge in [0.15, 0.2) is 0 Å². The summed E-state index contributed by atoms with van der Waals surface area (Å²) >= 11 is 0. The lowest BCUT2D eigenvalue weighted by Gasteiger charge is -2.72. The van der Waals surface area contributed by atoms with Gasteiger partial charge in [0.1, 0.15) is 0 Å². The second-order valence-corrected chi connectivity index (χ2v) is 23.8. The molecule has 0 aliphatic heterocycles. The molecule has 0 N–H and O–H groups in total.